The van der Waals surface area contributed by atoms with Crippen molar-refractivity contribution in [3.05, 3.63) is 68.4 Å². The molecule has 13 heteroatoms. The second kappa shape index (κ2) is 10.8. The number of anilines is 1. The summed E-state index contributed by atoms with van der Waals surface area (Å²) in [6.07, 6.45) is 5.39. The number of carbonyl (C=O) groups excluding carboxylic acids is 2. The molecule has 41 heavy (non-hydrogen) atoms. The molecule has 1 saturated carbocycles. The fraction of sp³-hybridized carbons (Fsp3) is 0.393. The molecule has 2 bridgehead atoms. The zero-order chi connectivity index (χ0) is 29.1. The highest BCUT2D eigenvalue weighted by Crippen LogP contribution is 2.47. The number of hydrogen-bond donors (Lipinski definition) is 1. The molecule has 2 aliphatic heterocycles. The van der Waals surface area contributed by atoms with Crippen LogP contribution in [0.5, 0.6) is 0 Å². The fourth-order valence-electron chi connectivity index (χ4n) is 5.93. The lowest BCUT2D eigenvalue weighted by atomic mass is 9.98. The molecule has 2 aromatic carbocycles. The molecule has 3 aliphatic rings. The van der Waals surface area contributed by atoms with Crippen LogP contribution in [0.25, 0.3) is 11.3 Å². The predicted octanol–water partition coefficient (Wildman–Crippen LogP) is 6.23. The average Bonchev–Trinajstić information content (AvgIpc) is 3.59. The summed E-state index contributed by atoms with van der Waals surface area (Å²) in [6, 6.07) is 10.00. The summed E-state index contributed by atoms with van der Waals surface area (Å²) in [7, 11) is -3.70. The minimum absolute atomic E-state index is 0.0719. The zero-order valence-corrected chi connectivity index (χ0v) is 25.0. The van der Waals surface area contributed by atoms with E-state index in [1.165, 1.54) is 6.07 Å². The van der Waals surface area contributed by atoms with Crippen molar-refractivity contribution in [3.63, 3.8) is 0 Å². The molecular weight excluding hydrogens is 613 g/mol. The van der Waals surface area contributed by atoms with Gasteiger partial charge in [0.2, 0.25) is 10.0 Å². The lowest BCUT2D eigenvalue weighted by Crippen LogP contribution is -2.46. The molecule has 0 spiro atoms. The standard InChI is InChI=1S/C28H26Cl3N3O6S/c1-41(37,38)33-27(35)15-7-10-22(21(31)11-15)34-16-8-9-17(34)13-18(12-16)39-28(36)24-25(32-40-26(24)14-5-6-14)23-19(29)3-2-4-20(23)30/h2-4,7,10-11,14,16-18H,5-6,8-9,12-13H2,1H3,(H,33,35)/t16-,17+,18?. The van der Waals surface area contributed by atoms with E-state index in [0.29, 0.717) is 44.9 Å². The van der Waals surface area contributed by atoms with E-state index in [-0.39, 0.29) is 35.2 Å². The van der Waals surface area contributed by atoms with E-state index in [0.717, 1.165) is 37.6 Å². The third-order valence-electron chi connectivity index (χ3n) is 7.80. The van der Waals surface area contributed by atoms with Crippen LogP contribution in [-0.2, 0) is 14.8 Å². The van der Waals surface area contributed by atoms with Crippen LogP contribution in [0.4, 0.5) is 5.69 Å². The molecule has 9 nitrogen and oxygen atoms in total. The summed E-state index contributed by atoms with van der Waals surface area (Å²) in [6.45, 7) is 0. The Kier molecular flexibility index (Phi) is 7.46. The maximum atomic E-state index is 13.7. The van der Waals surface area contributed by atoms with Crippen molar-refractivity contribution in [2.45, 2.75) is 62.6 Å². The number of esters is 1. The molecule has 0 radical (unpaired) electrons. The highest BCUT2D eigenvalue weighted by Gasteiger charge is 2.44. The molecule has 3 fully saturated rings. The number of nitrogens with one attached hydrogen (secondary N) is 1. The van der Waals surface area contributed by atoms with Gasteiger partial charge in [0.1, 0.15) is 17.4 Å². The normalized spacial score (nSPS) is 22.0. The second-order valence-electron chi connectivity index (χ2n) is 10.8. The van der Waals surface area contributed by atoms with E-state index in [4.69, 9.17) is 44.1 Å². The van der Waals surface area contributed by atoms with E-state index in [1.54, 1.807) is 30.3 Å². The SMILES string of the molecule is CS(=O)(=O)NC(=O)c1ccc(N2[C@@H]3CC[C@H]2CC(OC(=O)c2c(-c4c(Cl)cccc4Cl)noc2C2CC2)C3)c(Cl)c1. The van der Waals surface area contributed by atoms with Gasteiger partial charge in [0.05, 0.1) is 27.0 Å². The summed E-state index contributed by atoms with van der Waals surface area (Å²) in [5, 5.41) is 5.27. The molecule has 1 aromatic heterocycles. The molecule has 6 rings (SSSR count). The molecule has 2 saturated heterocycles. The first-order valence-corrected chi connectivity index (χ1v) is 16.3. The van der Waals surface area contributed by atoms with Crippen molar-refractivity contribution in [1.29, 1.82) is 0 Å². The fourth-order valence-corrected chi connectivity index (χ4v) is 7.24. The van der Waals surface area contributed by atoms with Gasteiger partial charge in [-0.3, -0.25) is 4.79 Å². The molecule has 1 N–H and O–H groups in total. The number of rotatable bonds is 7. The number of amides is 1. The average molecular weight is 639 g/mol. The third kappa shape index (κ3) is 5.67. The Morgan fingerprint density at radius 1 is 1.00 bits per heavy atom. The van der Waals surface area contributed by atoms with Crippen LogP contribution >= 0.6 is 34.8 Å². The predicted molar refractivity (Wildman–Crippen MR) is 155 cm³/mol. The molecule has 3 aromatic rings. The Balaban J connectivity index is 1.21. The van der Waals surface area contributed by atoms with Crippen LogP contribution in [0.1, 0.15) is 70.9 Å². The minimum atomic E-state index is -3.70. The summed E-state index contributed by atoms with van der Waals surface area (Å²) in [4.78, 5) is 28.1. The number of aromatic nitrogens is 1. The molecule has 3 heterocycles. The topological polar surface area (TPSA) is 119 Å². The quantitative estimate of drug-likeness (QED) is 0.303. The first kappa shape index (κ1) is 28.3. The summed E-state index contributed by atoms with van der Waals surface area (Å²) in [5.74, 6) is -0.626. The number of piperidine rings is 1. The van der Waals surface area contributed by atoms with E-state index in [1.807, 2.05) is 4.72 Å². The largest absolute Gasteiger partial charge is 0.458 e. The number of fused-ring (bicyclic) bond motifs is 2. The summed E-state index contributed by atoms with van der Waals surface area (Å²) < 4.78 is 36.6. The van der Waals surface area contributed by atoms with Gasteiger partial charge in [-0.1, -0.05) is 46.0 Å². The first-order chi connectivity index (χ1) is 19.5. The van der Waals surface area contributed by atoms with Gasteiger partial charge in [0.25, 0.3) is 5.91 Å². The number of nitrogens with zero attached hydrogens (tertiary/aromatic N) is 2. The van der Waals surface area contributed by atoms with E-state index in [9.17, 15) is 18.0 Å². The van der Waals surface area contributed by atoms with Gasteiger partial charge >= 0.3 is 5.97 Å². The maximum Gasteiger partial charge on any atom is 0.344 e. The van der Waals surface area contributed by atoms with Crippen LogP contribution < -0.4 is 9.62 Å². The van der Waals surface area contributed by atoms with E-state index >= 15 is 0 Å². The number of benzene rings is 2. The highest BCUT2D eigenvalue weighted by molar-refractivity contribution is 7.89. The van der Waals surface area contributed by atoms with Crippen molar-refractivity contribution in [2.75, 3.05) is 11.2 Å². The van der Waals surface area contributed by atoms with Gasteiger partial charge in [0.15, 0.2) is 5.76 Å². The van der Waals surface area contributed by atoms with Crippen LogP contribution in [-0.4, -0.2) is 49.9 Å². The summed E-state index contributed by atoms with van der Waals surface area (Å²) >= 11 is 19.5. The highest BCUT2D eigenvalue weighted by atomic mass is 35.5. The first-order valence-electron chi connectivity index (χ1n) is 13.2. The maximum absolute atomic E-state index is 13.7. The molecule has 216 valence electrons. The van der Waals surface area contributed by atoms with Gasteiger partial charge in [-0.25, -0.2) is 17.9 Å². The molecule has 1 amide bonds. The van der Waals surface area contributed by atoms with Gasteiger partial charge < -0.3 is 14.2 Å². The van der Waals surface area contributed by atoms with Crippen molar-refractivity contribution in [2.24, 2.45) is 0 Å². The Morgan fingerprint density at radius 3 is 2.24 bits per heavy atom. The number of ether oxygens (including phenoxy) is 1. The van der Waals surface area contributed by atoms with Gasteiger partial charge in [-0.05, 0) is 56.0 Å². The minimum Gasteiger partial charge on any atom is -0.458 e. The van der Waals surface area contributed by atoms with E-state index < -0.39 is 21.9 Å². The van der Waals surface area contributed by atoms with Crippen molar-refractivity contribution >= 4 is 62.4 Å². The number of hydrogen-bond acceptors (Lipinski definition) is 8. The van der Waals surface area contributed by atoms with Crippen molar-refractivity contribution in [3.8, 4) is 11.3 Å². The summed E-state index contributed by atoms with van der Waals surface area (Å²) in [5.41, 5.74) is 1.92. The van der Waals surface area contributed by atoms with Crippen molar-refractivity contribution < 1.29 is 27.3 Å². The Labute approximate surface area is 252 Å². The molecule has 1 aliphatic carbocycles. The van der Waals surface area contributed by atoms with Crippen LogP contribution in [0.15, 0.2) is 40.9 Å². The third-order valence-corrected chi connectivity index (χ3v) is 9.29. The number of halogens is 3. The monoisotopic (exact) mass is 637 g/mol. The lowest BCUT2D eigenvalue weighted by molar-refractivity contribution is 0.0202. The van der Waals surface area contributed by atoms with E-state index in [2.05, 4.69) is 10.1 Å². The smallest absolute Gasteiger partial charge is 0.344 e. The molecule has 1 unspecified atom stereocenters. The van der Waals surface area contributed by atoms with Crippen LogP contribution in [0.3, 0.4) is 0 Å². The lowest BCUT2D eigenvalue weighted by Gasteiger charge is -2.40. The zero-order valence-electron chi connectivity index (χ0n) is 21.9. The number of sulfonamides is 1. The van der Waals surface area contributed by atoms with Crippen LogP contribution in [0, 0.1) is 0 Å². The Bertz CT molecular complexity index is 1620. The van der Waals surface area contributed by atoms with Gasteiger partial charge in [0, 0.05) is 42.0 Å². The number of carbonyl (C=O) groups is 2. The Morgan fingerprint density at radius 2 is 1.66 bits per heavy atom. The van der Waals surface area contributed by atoms with Crippen molar-refractivity contribution in [1.82, 2.24) is 9.88 Å². The van der Waals surface area contributed by atoms with Gasteiger partial charge in [-0.15, -0.1) is 0 Å². The van der Waals surface area contributed by atoms with Gasteiger partial charge in [-0.2, -0.15) is 0 Å². The van der Waals surface area contributed by atoms with Crippen LogP contribution in [0.2, 0.25) is 15.1 Å². The second-order valence-corrected chi connectivity index (χ2v) is 13.8. The molecular formula is C28H26Cl3N3O6S. The Hall–Kier alpha value is -2.79. The molecule has 3 atom stereocenters.